The molecule has 62 valence electrons. The average molecular weight is 178 g/mol. The lowest BCUT2D eigenvalue weighted by Crippen LogP contribution is -2.08. The van der Waals surface area contributed by atoms with Gasteiger partial charge in [-0.25, -0.2) is 0 Å². The van der Waals surface area contributed by atoms with Crippen LogP contribution in [0.1, 0.15) is 18.0 Å². The molecule has 3 heteroatoms. The minimum atomic E-state index is -0.177. The summed E-state index contributed by atoms with van der Waals surface area (Å²) in [4.78, 5) is 0.905. The molecule has 0 bridgehead atoms. The van der Waals surface area contributed by atoms with Crippen molar-refractivity contribution in [3.63, 3.8) is 0 Å². The van der Waals surface area contributed by atoms with Crippen LogP contribution >= 0.6 is 12.6 Å². The molecule has 0 heterocycles. The van der Waals surface area contributed by atoms with Gasteiger partial charge in [0.15, 0.2) is 0 Å². The zero-order valence-corrected chi connectivity index (χ0v) is 7.46. The maximum Gasteiger partial charge on any atom is 0.0641 e. The van der Waals surface area contributed by atoms with Crippen LogP contribution in [0.3, 0.4) is 0 Å². The molecule has 0 saturated carbocycles. The van der Waals surface area contributed by atoms with Crippen molar-refractivity contribution >= 4 is 12.6 Å². The zero-order chi connectivity index (χ0) is 8.97. The summed E-state index contributed by atoms with van der Waals surface area (Å²) in [5.74, 6) is 0. The van der Waals surface area contributed by atoms with Crippen LogP contribution in [0, 0.1) is 11.3 Å². The number of rotatable bonds is 2. The molecule has 0 unspecified atom stereocenters. The van der Waals surface area contributed by atoms with E-state index in [2.05, 4.69) is 12.6 Å². The highest BCUT2D eigenvalue weighted by Crippen LogP contribution is 2.15. The Bertz CT molecular complexity index is 286. The van der Waals surface area contributed by atoms with Gasteiger partial charge in [-0.1, -0.05) is 12.1 Å². The van der Waals surface area contributed by atoms with E-state index < -0.39 is 0 Å². The Balaban J connectivity index is 2.76. The third kappa shape index (κ3) is 2.26. The van der Waals surface area contributed by atoms with Gasteiger partial charge in [-0.2, -0.15) is 5.26 Å². The maximum absolute atomic E-state index is 8.41. The molecule has 0 aromatic heterocycles. The number of hydrogen-bond donors (Lipinski definition) is 2. The molecule has 0 fully saturated rings. The Kier molecular flexibility index (Phi) is 3.15. The molecular weight excluding hydrogens is 168 g/mol. The molecule has 0 radical (unpaired) electrons. The summed E-state index contributed by atoms with van der Waals surface area (Å²) < 4.78 is 0. The van der Waals surface area contributed by atoms with Crippen molar-refractivity contribution in [3.8, 4) is 6.07 Å². The predicted molar refractivity (Wildman–Crippen MR) is 50.9 cm³/mol. The van der Waals surface area contributed by atoms with Gasteiger partial charge in [-0.3, -0.25) is 0 Å². The molecule has 0 spiro atoms. The van der Waals surface area contributed by atoms with Gasteiger partial charge >= 0.3 is 0 Å². The van der Waals surface area contributed by atoms with Crippen LogP contribution in [0.2, 0.25) is 0 Å². The van der Waals surface area contributed by atoms with Crippen molar-refractivity contribution in [3.05, 3.63) is 29.8 Å². The first kappa shape index (κ1) is 9.11. The summed E-state index contributed by atoms with van der Waals surface area (Å²) in [5.41, 5.74) is 6.69. The van der Waals surface area contributed by atoms with Crippen molar-refractivity contribution in [2.45, 2.75) is 17.4 Å². The van der Waals surface area contributed by atoms with E-state index in [9.17, 15) is 0 Å². The lowest BCUT2D eigenvalue weighted by atomic mass is 10.1. The first-order chi connectivity index (χ1) is 5.74. The van der Waals surface area contributed by atoms with Crippen molar-refractivity contribution in [2.24, 2.45) is 5.73 Å². The first-order valence-electron chi connectivity index (χ1n) is 3.65. The van der Waals surface area contributed by atoms with Crippen LogP contribution in [-0.4, -0.2) is 0 Å². The topological polar surface area (TPSA) is 49.8 Å². The number of nitrogens with two attached hydrogens (primary N) is 1. The van der Waals surface area contributed by atoms with Gasteiger partial charge in [0.25, 0.3) is 0 Å². The molecule has 1 atom stereocenters. The molecule has 0 saturated heterocycles. The Hall–Kier alpha value is -0.980. The minimum Gasteiger partial charge on any atom is -0.323 e. The largest absolute Gasteiger partial charge is 0.323 e. The van der Waals surface area contributed by atoms with Gasteiger partial charge in [-0.05, 0) is 17.7 Å². The second-order valence-corrected chi connectivity index (χ2v) is 3.08. The summed E-state index contributed by atoms with van der Waals surface area (Å²) in [6, 6.07) is 9.39. The molecule has 0 aliphatic rings. The van der Waals surface area contributed by atoms with E-state index in [1.807, 2.05) is 30.3 Å². The number of nitrogens with zero attached hydrogens (tertiary/aromatic N) is 1. The number of thiol groups is 1. The normalized spacial score (nSPS) is 12.1. The monoisotopic (exact) mass is 178 g/mol. The van der Waals surface area contributed by atoms with Gasteiger partial charge in [0.1, 0.15) is 0 Å². The minimum absolute atomic E-state index is 0.177. The third-order valence-corrected chi connectivity index (χ3v) is 1.93. The van der Waals surface area contributed by atoms with Gasteiger partial charge in [0.2, 0.25) is 0 Å². The van der Waals surface area contributed by atoms with E-state index in [4.69, 9.17) is 11.0 Å². The van der Waals surface area contributed by atoms with Crippen LogP contribution in [0.25, 0.3) is 0 Å². The molecule has 12 heavy (non-hydrogen) atoms. The smallest absolute Gasteiger partial charge is 0.0641 e. The average Bonchev–Trinajstić information content (AvgIpc) is 2.06. The number of benzene rings is 1. The summed E-state index contributed by atoms with van der Waals surface area (Å²) >= 11 is 4.15. The second kappa shape index (κ2) is 4.15. The van der Waals surface area contributed by atoms with Crippen molar-refractivity contribution in [1.82, 2.24) is 0 Å². The molecule has 0 aliphatic carbocycles. The highest BCUT2D eigenvalue weighted by Gasteiger charge is 2.03. The summed E-state index contributed by atoms with van der Waals surface area (Å²) in [6.45, 7) is 0. The van der Waals surface area contributed by atoms with Crippen LogP contribution in [-0.2, 0) is 0 Å². The van der Waals surface area contributed by atoms with Crippen LogP contribution in [0.4, 0.5) is 0 Å². The zero-order valence-electron chi connectivity index (χ0n) is 6.57. The van der Waals surface area contributed by atoms with Crippen molar-refractivity contribution < 1.29 is 0 Å². The van der Waals surface area contributed by atoms with E-state index in [0.717, 1.165) is 10.5 Å². The van der Waals surface area contributed by atoms with Crippen LogP contribution < -0.4 is 5.73 Å². The van der Waals surface area contributed by atoms with E-state index >= 15 is 0 Å². The van der Waals surface area contributed by atoms with E-state index in [-0.39, 0.29) is 6.04 Å². The summed E-state index contributed by atoms with van der Waals surface area (Å²) in [5, 5.41) is 8.41. The quantitative estimate of drug-likeness (QED) is 0.679. The molecule has 0 amide bonds. The fraction of sp³-hybridized carbons (Fsp3) is 0.222. The molecule has 1 rings (SSSR count). The highest BCUT2D eigenvalue weighted by molar-refractivity contribution is 7.80. The fourth-order valence-corrected chi connectivity index (χ4v) is 1.09. The summed E-state index contributed by atoms with van der Waals surface area (Å²) in [6.07, 6.45) is 0.353. The van der Waals surface area contributed by atoms with E-state index in [0.29, 0.717) is 6.42 Å². The van der Waals surface area contributed by atoms with Crippen LogP contribution in [0.5, 0.6) is 0 Å². The van der Waals surface area contributed by atoms with E-state index in [1.54, 1.807) is 0 Å². The van der Waals surface area contributed by atoms with Crippen molar-refractivity contribution in [1.29, 1.82) is 5.26 Å². The maximum atomic E-state index is 8.41. The number of hydrogen-bond acceptors (Lipinski definition) is 3. The van der Waals surface area contributed by atoms with Gasteiger partial charge in [0.05, 0.1) is 12.5 Å². The van der Waals surface area contributed by atoms with Gasteiger partial charge < -0.3 is 5.73 Å². The molecular formula is C9H10N2S. The standard InChI is InChI=1S/C9H10N2S/c10-6-5-9(11)7-1-3-8(12)4-2-7/h1-4,9,12H,5,11H2/t9-/m0/s1. The van der Waals surface area contributed by atoms with E-state index in [1.165, 1.54) is 0 Å². The fourth-order valence-electron chi connectivity index (χ4n) is 0.938. The Morgan fingerprint density at radius 1 is 1.42 bits per heavy atom. The second-order valence-electron chi connectivity index (χ2n) is 2.56. The molecule has 2 nitrogen and oxygen atoms in total. The molecule has 0 aliphatic heterocycles. The molecule has 1 aromatic carbocycles. The summed E-state index contributed by atoms with van der Waals surface area (Å²) in [7, 11) is 0. The van der Waals surface area contributed by atoms with Gasteiger partial charge in [0, 0.05) is 10.9 Å². The predicted octanol–water partition coefficient (Wildman–Crippen LogP) is 1.89. The molecule has 1 aromatic rings. The van der Waals surface area contributed by atoms with Gasteiger partial charge in [-0.15, -0.1) is 12.6 Å². The Morgan fingerprint density at radius 2 is 2.00 bits per heavy atom. The molecule has 2 N–H and O–H groups in total. The van der Waals surface area contributed by atoms with Crippen LogP contribution in [0.15, 0.2) is 29.2 Å². The highest BCUT2D eigenvalue weighted by atomic mass is 32.1. The Morgan fingerprint density at radius 3 is 2.50 bits per heavy atom. The van der Waals surface area contributed by atoms with Crippen molar-refractivity contribution in [2.75, 3.05) is 0 Å². The SMILES string of the molecule is N#CC[C@H](N)c1ccc(S)cc1. The Labute approximate surface area is 77.4 Å². The lowest BCUT2D eigenvalue weighted by Gasteiger charge is -2.06. The third-order valence-electron chi connectivity index (χ3n) is 1.63. The first-order valence-corrected chi connectivity index (χ1v) is 4.10. The lowest BCUT2D eigenvalue weighted by molar-refractivity contribution is 0.747. The number of nitriles is 1.